The lowest BCUT2D eigenvalue weighted by Crippen LogP contribution is -2.46. The third-order valence-electron chi connectivity index (χ3n) is 10.4. The first-order valence-electron chi connectivity index (χ1n) is 16.4. The number of hydrogen-bond acceptors (Lipinski definition) is 5. The summed E-state index contributed by atoms with van der Waals surface area (Å²) >= 11 is 0. The van der Waals surface area contributed by atoms with Crippen molar-refractivity contribution in [1.29, 1.82) is 0 Å². The summed E-state index contributed by atoms with van der Waals surface area (Å²) in [4.78, 5) is 34.6. The molecule has 7 heteroatoms. The number of nitrogens with zero attached hydrogens (tertiary/aromatic N) is 1. The van der Waals surface area contributed by atoms with Gasteiger partial charge in [0.2, 0.25) is 0 Å². The van der Waals surface area contributed by atoms with E-state index in [2.05, 4.69) is 10.3 Å². The van der Waals surface area contributed by atoms with Crippen molar-refractivity contribution in [3.05, 3.63) is 47.0 Å². The number of imidazole rings is 1. The number of H-pyrrole nitrogens is 1. The average molecular weight is 576 g/mol. The second-order valence-electron chi connectivity index (χ2n) is 15.1. The number of hydrogen-bond donors (Lipinski definition) is 3. The van der Waals surface area contributed by atoms with E-state index in [4.69, 9.17) is 9.72 Å². The van der Waals surface area contributed by atoms with E-state index in [1.807, 2.05) is 24.3 Å². The summed E-state index contributed by atoms with van der Waals surface area (Å²) in [6.45, 7) is 5.33. The fraction of sp³-hybridized carbons (Fsp3) is 0.686. The van der Waals surface area contributed by atoms with Gasteiger partial charge < -0.3 is 20.1 Å². The number of benzene rings is 1. The molecule has 5 aliphatic carbocycles. The molecule has 5 aliphatic rings. The number of anilines is 1. The van der Waals surface area contributed by atoms with Crippen LogP contribution >= 0.6 is 0 Å². The fourth-order valence-electron chi connectivity index (χ4n) is 9.00. The van der Waals surface area contributed by atoms with Crippen molar-refractivity contribution in [2.24, 2.45) is 23.2 Å². The average Bonchev–Trinajstić information content (AvgIpc) is 3.36. The van der Waals surface area contributed by atoms with Crippen molar-refractivity contribution >= 4 is 17.6 Å². The standard InChI is InChI=1S/C35H49N3O4/c1-34(2,3)42-33(41)29(39)18-22-8-7-11-27(17-22)36-32(40)30-28(37-31(38-30)26-9-5-4-6-10-26)12-13-35-19-23-14-24(20-35)16-25(15-23)21-35/h7-8,11,17,23-26,29,39H,4-6,9-10,12-16,18-21H2,1-3H3,(H,36,40)(H,37,38). The van der Waals surface area contributed by atoms with Crippen LogP contribution in [-0.4, -0.2) is 38.7 Å². The first-order valence-corrected chi connectivity index (χ1v) is 16.4. The lowest BCUT2D eigenvalue weighted by Gasteiger charge is -2.57. The van der Waals surface area contributed by atoms with Gasteiger partial charge in [0.1, 0.15) is 17.1 Å². The molecular weight excluding hydrogens is 526 g/mol. The number of carbonyl (C=O) groups excluding carboxylic acids is 2. The van der Waals surface area contributed by atoms with Crippen LogP contribution in [0.4, 0.5) is 5.69 Å². The van der Waals surface area contributed by atoms with Crippen molar-refractivity contribution in [2.45, 2.75) is 128 Å². The topological polar surface area (TPSA) is 104 Å². The van der Waals surface area contributed by atoms with Crippen LogP contribution in [0.3, 0.4) is 0 Å². The summed E-state index contributed by atoms with van der Waals surface area (Å²) in [6, 6.07) is 7.33. The molecule has 0 saturated heterocycles. The van der Waals surface area contributed by atoms with Gasteiger partial charge in [0, 0.05) is 23.7 Å². The third-order valence-corrected chi connectivity index (χ3v) is 10.4. The number of carbonyl (C=O) groups is 2. The molecule has 1 aromatic carbocycles. The van der Waals surface area contributed by atoms with Gasteiger partial charge in [-0.2, -0.15) is 0 Å². The molecular formula is C35H49N3O4. The summed E-state index contributed by atoms with van der Waals surface area (Å²) in [5.74, 6) is 3.29. The molecule has 2 aromatic rings. The van der Waals surface area contributed by atoms with E-state index in [0.29, 0.717) is 22.7 Å². The molecule has 1 atom stereocenters. The number of esters is 1. The van der Waals surface area contributed by atoms with Crippen molar-refractivity contribution in [3.8, 4) is 0 Å². The Kier molecular flexibility index (Phi) is 8.25. The molecule has 0 spiro atoms. The summed E-state index contributed by atoms with van der Waals surface area (Å²) in [5, 5.41) is 13.5. The van der Waals surface area contributed by atoms with Gasteiger partial charge in [0.15, 0.2) is 6.10 Å². The van der Waals surface area contributed by atoms with Crippen molar-refractivity contribution in [1.82, 2.24) is 9.97 Å². The van der Waals surface area contributed by atoms with Crippen molar-refractivity contribution in [2.75, 3.05) is 5.32 Å². The lowest BCUT2D eigenvalue weighted by atomic mass is 9.48. The van der Waals surface area contributed by atoms with Crippen LogP contribution in [0, 0.1) is 23.2 Å². The Hall–Kier alpha value is -2.67. The summed E-state index contributed by atoms with van der Waals surface area (Å²) in [7, 11) is 0. The zero-order chi connectivity index (χ0) is 29.5. The van der Waals surface area contributed by atoms with Crippen LogP contribution < -0.4 is 5.32 Å². The van der Waals surface area contributed by atoms with E-state index in [-0.39, 0.29) is 12.3 Å². The van der Waals surface area contributed by atoms with Gasteiger partial charge in [-0.3, -0.25) is 4.79 Å². The number of nitrogens with one attached hydrogen (secondary N) is 2. The van der Waals surface area contributed by atoms with Crippen LogP contribution in [0.25, 0.3) is 0 Å². The van der Waals surface area contributed by atoms with Crippen LogP contribution in [-0.2, 0) is 22.4 Å². The maximum atomic E-state index is 13.7. The molecule has 7 rings (SSSR count). The van der Waals surface area contributed by atoms with Gasteiger partial charge in [-0.25, -0.2) is 9.78 Å². The minimum absolute atomic E-state index is 0.114. The first kappa shape index (κ1) is 29.4. The van der Waals surface area contributed by atoms with E-state index < -0.39 is 17.7 Å². The molecule has 1 aromatic heterocycles. The molecule has 4 bridgehead atoms. The zero-order valence-corrected chi connectivity index (χ0v) is 25.7. The van der Waals surface area contributed by atoms with Crippen LogP contribution in [0.15, 0.2) is 24.3 Å². The van der Waals surface area contributed by atoms with Gasteiger partial charge in [-0.15, -0.1) is 0 Å². The Bertz CT molecular complexity index is 1250. The number of aliphatic hydroxyl groups is 1. The lowest BCUT2D eigenvalue weighted by molar-refractivity contribution is -0.164. The smallest absolute Gasteiger partial charge is 0.335 e. The number of aliphatic hydroxyl groups excluding tert-OH is 1. The SMILES string of the molecule is CC(C)(C)OC(=O)C(O)Cc1cccc(NC(=O)c2nc(C3CCCCC3)[nH]c2CCC23CC4CC(CC(C4)C2)C3)c1. The normalized spacial score (nSPS) is 28.0. The third kappa shape index (κ3) is 6.77. The first-order chi connectivity index (χ1) is 20.0. The Morgan fingerprint density at radius 2 is 1.74 bits per heavy atom. The number of aromatic nitrogens is 2. The molecule has 1 heterocycles. The maximum Gasteiger partial charge on any atom is 0.335 e. The highest BCUT2D eigenvalue weighted by molar-refractivity contribution is 6.03. The van der Waals surface area contributed by atoms with Crippen molar-refractivity contribution < 1.29 is 19.4 Å². The Morgan fingerprint density at radius 1 is 1.07 bits per heavy atom. The summed E-state index contributed by atoms with van der Waals surface area (Å²) in [6.07, 6.45) is 15.3. The predicted octanol–water partition coefficient (Wildman–Crippen LogP) is 7.10. The highest BCUT2D eigenvalue weighted by Gasteiger charge is 2.50. The second-order valence-corrected chi connectivity index (χ2v) is 15.1. The Labute approximate surface area is 250 Å². The van der Waals surface area contributed by atoms with E-state index in [0.717, 1.165) is 60.5 Å². The highest BCUT2D eigenvalue weighted by Crippen LogP contribution is 2.61. The van der Waals surface area contributed by atoms with Gasteiger partial charge in [-0.05, 0) is 126 Å². The number of aromatic amines is 1. The highest BCUT2D eigenvalue weighted by atomic mass is 16.6. The number of amides is 1. The molecule has 7 nitrogen and oxygen atoms in total. The minimum Gasteiger partial charge on any atom is -0.458 e. The molecule has 5 saturated carbocycles. The Morgan fingerprint density at radius 3 is 2.38 bits per heavy atom. The van der Waals surface area contributed by atoms with E-state index in [1.54, 1.807) is 20.8 Å². The van der Waals surface area contributed by atoms with E-state index in [1.165, 1.54) is 57.8 Å². The van der Waals surface area contributed by atoms with Crippen LogP contribution in [0.5, 0.6) is 0 Å². The summed E-state index contributed by atoms with van der Waals surface area (Å²) < 4.78 is 5.32. The van der Waals surface area contributed by atoms with Gasteiger partial charge in [-0.1, -0.05) is 31.4 Å². The molecule has 1 unspecified atom stereocenters. The van der Waals surface area contributed by atoms with Gasteiger partial charge in [0.25, 0.3) is 5.91 Å². The van der Waals surface area contributed by atoms with E-state index >= 15 is 0 Å². The molecule has 3 N–H and O–H groups in total. The number of rotatable bonds is 9. The second kappa shape index (κ2) is 11.8. The van der Waals surface area contributed by atoms with Crippen LogP contribution in [0.1, 0.15) is 131 Å². The monoisotopic (exact) mass is 575 g/mol. The van der Waals surface area contributed by atoms with Crippen LogP contribution in [0.2, 0.25) is 0 Å². The van der Waals surface area contributed by atoms with Gasteiger partial charge in [0.05, 0.1) is 0 Å². The van der Waals surface area contributed by atoms with Crippen molar-refractivity contribution in [3.63, 3.8) is 0 Å². The Balaban J connectivity index is 1.17. The molecule has 228 valence electrons. The summed E-state index contributed by atoms with van der Waals surface area (Å²) in [5.41, 5.74) is 2.67. The number of aryl methyl sites for hydroxylation is 1. The number of ether oxygens (including phenoxy) is 1. The van der Waals surface area contributed by atoms with E-state index in [9.17, 15) is 14.7 Å². The van der Waals surface area contributed by atoms with Gasteiger partial charge >= 0.3 is 5.97 Å². The fourth-order valence-corrected chi connectivity index (χ4v) is 9.00. The molecule has 1 amide bonds. The minimum atomic E-state index is -1.27. The molecule has 42 heavy (non-hydrogen) atoms. The molecule has 0 aliphatic heterocycles. The molecule has 0 radical (unpaired) electrons. The predicted molar refractivity (Wildman–Crippen MR) is 163 cm³/mol. The maximum absolute atomic E-state index is 13.7. The quantitative estimate of drug-likeness (QED) is 0.277. The largest absolute Gasteiger partial charge is 0.458 e. The zero-order valence-electron chi connectivity index (χ0n) is 25.7. The molecule has 5 fully saturated rings.